The Labute approximate surface area is 130 Å². The molecule has 1 amide bonds. The summed E-state index contributed by atoms with van der Waals surface area (Å²) < 4.78 is 6.42. The van der Waals surface area contributed by atoms with Crippen molar-refractivity contribution in [1.29, 1.82) is 0 Å². The number of amides is 1. The quantitative estimate of drug-likeness (QED) is 0.859. The molecule has 1 aromatic carbocycles. The van der Waals surface area contributed by atoms with Gasteiger partial charge < -0.3 is 10.1 Å². The van der Waals surface area contributed by atoms with Crippen molar-refractivity contribution in [2.45, 2.75) is 0 Å². The highest BCUT2D eigenvalue weighted by Crippen LogP contribution is 2.17. The molecule has 0 aliphatic rings. The molecule has 2 aromatic rings. The van der Waals surface area contributed by atoms with E-state index in [2.05, 4.69) is 33.1 Å². The van der Waals surface area contributed by atoms with E-state index in [-0.39, 0.29) is 5.91 Å². The Kier molecular flexibility index (Phi) is 5.66. The number of nitrogens with one attached hydrogen (secondary N) is 1. The van der Waals surface area contributed by atoms with E-state index in [0.29, 0.717) is 18.7 Å². The molecule has 0 unspecified atom stereocenters. The summed E-state index contributed by atoms with van der Waals surface area (Å²) >= 11 is 4.86. The third kappa shape index (κ3) is 4.72. The molecule has 0 saturated carbocycles. The molecule has 0 fully saturated rings. The van der Waals surface area contributed by atoms with Crippen LogP contribution >= 0.6 is 27.3 Å². The van der Waals surface area contributed by atoms with Crippen LogP contribution in [0.3, 0.4) is 0 Å². The van der Waals surface area contributed by atoms with Crippen molar-refractivity contribution >= 4 is 33.2 Å². The summed E-state index contributed by atoms with van der Waals surface area (Å²) in [4.78, 5) is 11.6. The van der Waals surface area contributed by atoms with Crippen molar-refractivity contribution in [3.05, 3.63) is 51.1 Å². The van der Waals surface area contributed by atoms with Crippen LogP contribution in [-0.4, -0.2) is 19.1 Å². The summed E-state index contributed by atoms with van der Waals surface area (Å²) in [5.41, 5.74) is 0.669. The van der Waals surface area contributed by atoms with E-state index in [4.69, 9.17) is 4.74 Å². The Hall–Kier alpha value is -1.77. The fourth-order valence-electron chi connectivity index (χ4n) is 1.41. The summed E-state index contributed by atoms with van der Waals surface area (Å²) in [5.74, 6) is 6.36. The molecule has 0 aliphatic carbocycles. The van der Waals surface area contributed by atoms with Crippen LogP contribution in [0.1, 0.15) is 10.4 Å². The lowest BCUT2D eigenvalue weighted by Crippen LogP contribution is -2.23. The maximum absolute atomic E-state index is 11.6. The van der Waals surface area contributed by atoms with E-state index in [1.165, 1.54) is 11.3 Å². The number of rotatable bonds is 4. The van der Waals surface area contributed by atoms with Gasteiger partial charge in [-0.1, -0.05) is 33.8 Å². The number of benzene rings is 1. The molecule has 0 radical (unpaired) electrons. The fraction of sp³-hybridized carbons (Fsp3) is 0.133. The van der Waals surface area contributed by atoms with Crippen LogP contribution in [0.25, 0.3) is 0 Å². The Morgan fingerprint density at radius 2 is 2.25 bits per heavy atom. The standard InChI is InChI=1S/C15H12BrNO2S/c16-13-4-3-5-14(10-13)19-8-2-1-7-17-15(18)12-6-9-20-11-12/h3-6,9-11H,7-8H2,(H,17,18). The Bertz CT molecular complexity index is 629. The largest absolute Gasteiger partial charge is 0.481 e. The normalized spacial score (nSPS) is 9.45. The molecule has 0 saturated heterocycles. The van der Waals surface area contributed by atoms with Gasteiger partial charge in [0.25, 0.3) is 5.91 Å². The van der Waals surface area contributed by atoms with Crippen molar-refractivity contribution < 1.29 is 9.53 Å². The highest BCUT2D eigenvalue weighted by atomic mass is 79.9. The van der Waals surface area contributed by atoms with E-state index in [1.807, 2.05) is 29.6 Å². The van der Waals surface area contributed by atoms with Gasteiger partial charge in [0.05, 0.1) is 12.1 Å². The van der Waals surface area contributed by atoms with E-state index in [0.717, 1.165) is 10.2 Å². The molecule has 102 valence electrons. The van der Waals surface area contributed by atoms with Crippen molar-refractivity contribution in [1.82, 2.24) is 5.32 Å². The van der Waals surface area contributed by atoms with Gasteiger partial charge >= 0.3 is 0 Å². The van der Waals surface area contributed by atoms with Crippen LogP contribution in [0.4, 0.5) is 0 Å². The molecule has 3 nitrogen and oxygen atoms in total. The van der Waals surface area contributed by atoms with Crippen molar-refractivity contribution in [3.63, 3.8) is 0 Å². The van der Waals surface area contributed by atoms with Crippen molar-refractivity contribution in [2.75, 3.05) is 13.2 Å². The maximum Gasteiger partial charge on any atom is 0.252 e. The summed E-state index contributed by atoms with van der Waals surface area (Å²) in [7, 11) is 0. The van der Waals surface area contributed by atoms with Gasteiger partial charge in [-0.25, -0.2) is 0 Å². The number of hydrogen-bond acceptors (Lipinski definition) is 3. The topological polar surface area (TPSA) is 38.3 Å². The molecule has 1 N–H and O–H groups in total. The monoisotopic (exact) mass is 349 g/mol. The number of hydrogen-bond donors (Lipinski definition) is 1. The van der Waals surface area contributed by atoms with Gasteiger partial charge in [-0.15, -0.1) is 0 Å². The van der Waals surface area contributed by atoms with Crippen LogP contribution in [-0.2, 0) is 0 Å². The average Bonchev–Trinajstić information content (AvgIpc) is 2.96. The van der Waals surface area contributed by atoms with E-state index >= 15 is 0 Å². The summed E-state index contributed by atoms with van der Waals surface area (Å²) in [6.07, 6.45) is 0. The zero-order valence-corrected chi connectivity index (χ0v) is 13.0. The molecule has 5 heteroatoms. The predicted molar refractivity (Wildman–Crippen MR) is 84.1 cm³/mol. The summed E-state index contributed by atoms with van der Waals surface area (Å²) in [6, 6.07) is 9.35. The van der Waals surface area contributed by atoms with E-state index in [9.17, 15) is 4.79 Å². The molecule has 0 spiro atoms. The zero-order valence-electron chi connectivity index (χ0n) is 10.6. The maximum atomic E-state index is 11.6. The zero-order chi connectivity index (χ0) is 14.2. The molecule has 1 aromatic heterocycles. The summed E-state index contributed by atoms with van der Waals surface area (Å²) in [6.45, 7) is 0.612. The number of halogens is 1. The van der Waals surface area contributed by atoms with Crippen LogP contribution in [0.15, 0.2) is 45.6 Å². The van der Waals surface area contributed by atoms with Gasteiger partial charge in [0.15, 0.2) is 0 Å². The smallest absolute Gasteiger partial charge is 0.252 e. The van der Waals surface area contributed by atoms with Gasteiger partial charge in [-0.05, 0) is 29.6 Å². The third-order valence-corrected chi connectivity index (χ3v) is 3.53. The average molecular weight is 350 g/mol. The Morgan fingerprint density at radius 1 is 1.35 bits per heavy atom. The van der Waals surface area contributed by atoms with Crippen LogP contribution in [0.2, 0.25) is 0 Å². The first-order valence-corrected chi connectivity index (χ1v) is 7.64. The minimum Gasteiger partial charge on any atom is -0.481 e. The second kappa shape index (κ2) is 7.73. The van der Waals surface area contributed by atoms with E-state index < -0.39 is 0 Å². The molecule has 1 heterocycles. The third-order valence-electron chi connectivity index (χ3n) is 2.35. The highest BCUT2D eigenvalue weighted by Gasteiger charge is 2.02. The second-order valence-corrected chi connectivity index (χ2v) is 5.49. The molecule has 0 aliphatic heterocycles. The molecule has 0 atom stereocenters. The number of thiophene rings is 1. The number of ether oxygens (including phenoxy) is 1. The van der Waals surface area contributed by atoms with Crippen molar-refractivity contribution in [3.8, 4) is 17.6 Å². The molecule has 20 heavy (non-hydrogen) atoms. The lowest BCUT2D eigenvalue weighted by atomic mass is 10.3. The highest BCUT2D eigenvalue weighted by molar-refractivity contribution is 9.10. The molecule has 0 bridgehead atoms. The van der Waals surface area contributed by atoms with Crippen LogP contribution < -0.4 is 10.1 Å². The first-order valence-electron chi connectivity index (χ1n) is 5.90. The van der Waals surface area contributed by atoms with Gasteiger partial charge in [0.2, 0.25) is 0 Å². The lowest BCUT2D eigenvalue weighted by Gasteiger charge is -2.01. The van der Waals surface area contributed by atoms with Gasteiger partial charge in [-0.3, -0.25) is 4.79 Å². The first-order chi connectivity index (χ1) is 9.75. The number of carbonyl (C=O) groups is 1. The van der Waals surface area contributed by atoms with E-state index in [1.54, 1.807) is 11.4 Å². The number of carbonyl (C=O) groups excluding carboxylic acids is 1. The molecule has 2 rings (SSSR count). The van der Waals surface area contributed by atoms with Gasteiger partial charge in [-0.2, -0.15) is 11.3 Å². The second-order valence-electron chi connectivity index (χ2n) is 3.79. The van der Waals surface area contributed by atoms with Crippen LogP contribution in [0.5, 0.6) is 5.75 Å². The minimum atomic E-state index is -0.103. The fourth-order valence-corrected chi connectivity index (χ4v) is 2.42. The Balaban J connectivity index is 1.69. The SMILES string of the molecule is O=C(NCC#CCOc1cccc(Br)c1)c1ccsc1. The minimum absolute atomic E-state index is 0.103. The molecular formula is C15H12BrNO2S. The lowest BCUT2D eigenvalue weighted by molar-refractivity contribution is 0.0959. The molecular weight excluding hydrogens is 338 g/mol. The Morgan fingerprint density at radius 3 is 3.00 bits per heavy atom. The summed E-state index contributed by atoms with van der Waals surface area (Å²) in [5, 5.41) is 6.40. The van der Waals surface area contributed by atoms with Crippen LogP contribution in [0, 0.1) is 11.8 Å². The van der Waals surface area contributed by atoms with Gasteiger partial charge in [0.1, 0.15) is 12.4 Å². The van der Waals surface area contributed by atoms with Crippen molar-refractivity contribution in [2.24, 2.45) is 0 Å². The predicted octanol–water partition coefficient (Wildman–Crippen LogP) is 3.32. The van der Waals surface area contributed by atoms with Gasteiger partial charge in [0, 0.05) is 9.85 Å². The first kappa shape index (κ1) is 14.6.